The number of nitrogens with one attached hydrogen (secondary N) is 1. The maximum Gasteiger partial charge on any atom is 0.257 e. The van der Waals surface area contributed by atoms with E-state index in [1.807, 2.05) is 17.9 Å². The summed E-state index contributed by atoms with van der Waals surface area (Å²) in [5.41, 5.74) is 0.633. The van der Waals surface area contributed by atoms with Crippen molar-refractivity contribution in [2.24, 2.45) is 5.92 Å². The Morgan fingerprint density at radius 1 is 1.63 bits per heavy atom. The number of carbonyl (C=O) groups excluding carboxylic acids is 1. The number of amides is 1. The van der Waals surface area contributed by atoms with Gasteiger partial charge in [0, 0.05) is 32.4 Å². The van der Waals surface area contributed by atoms with Crippen LogP contribution in [0.5, 0.6) is 0 Å². The van der Waals surface area contributed by atoms with Gasteiger partial charge >= 0.3 is 0 Å². The van der Waals surface area contributed by atoms with Gasteiger partial charge < -0.3 is 15.3 Å². The van der Waals surface area contributed by atoms with E-state index in [4.69, 9.17) is 5.11 Å². The highest BCUT2D eigenvalue weighted by molar-refractivity contribution is 5.98. The Bertz CT molecular complexity index is 436. The van der Waals surface area contributed by atoms with Crippen LogP contribution in [0.15, 0.2) is 18.3 Å². The Kier molecular flexibility index (Phi) is 4.74. The zero-order valence-corrected chi connectivity index (χ0v) is 11.3. The summed E-state index contributed by atoms with van der Waals surface area (Å²) in [5.74, 6) is 1.11. The van der Waals surface area contributed by atoms with E-state index in [2.05, 4.69) is 10.3 Å². The third kappa shape index (κ3) is 3.23. The monoisotopic (exact) mass is 263 g/mol. The summed E-state index contributed by atoms with van der Waals surface area (Å²) in [6.45, 7) is 4.42. The zero-order valence-electron chi connectivity index (χ0n) is 11.3. The van der Waals surface area contributed by atoms with Gasteiger partial charge in [0.1, 0.15) is 5.82 Å². The number of hydrogen-bond donors (Lipinski definition) is 2. The number of hydrogen-bond acceptors (Lipinski definition) is 4. The van der Waals surface area contributed by atoms with E-state index in [9.17, 15) is 4.79 Å². The first-order valence-corrected chi connectivity index (χ1v) is 6.85. The Morgan fingerprint density at radius 3 is 3.21 bits per heavy atom. The van der Waals surface area contributed by atoms with Gasteiger partial charge in [-0.25, -0.2) is 4.98 Å². The number of anilines is 1. The average Bonchev–Trinajstić information content (AvgIpc) is 2.88. The Morgan fingerprint density at radius 2 is 2.47 bits per heavy atom. The van der Waals surface area contributed by atoms with E-state index < -0.39 is 0 Å². The van der Waals surface area contributed by atoms with Crippen LogP contribution in [0.3, 0.4) is 0 Å². The van der Waals surface area contributed by atoms with Gasteiger partial charge in [-0.05, 0) is 37.8 Å². The van der Waals surface area contributed by atoms with Gasteiger partial charge in [0.25, 0.3) is 5.91 Å². The smallest absolute Gasteiger partial charge is 0.257 e. The minimum Gasteiger partial charge on any atom is -0.396 e. The molecule has 19 heavy (non-hydrogen) atoms. The fraction of sp³-hybridized carbons (Fsp3) is 0.571. The van der Waals surface area contributed by atoms with Crippen molar-refractivity contribution in [1.29, 1.82) is 0 Å². The minimum atomic E-state index is 0.0319. The molecule has 0 bridgehead atoms. The molecular weight excluding hydrogens is 242 g/mol. The molecule has 0 saturated carbocycles. The van der Waals surface area contributed by atoms with Gasteiger partial charge in [0.15, 0.2) is 0 Å². The SMILES string of the molecule is CCNc1ncccc1C(=O)N1CCC(CCO)C1. The van der Waals surface area contributed by atoms with Gasteiger partial charge in [0.05, 0.1) is 5.56 Å². The van der Waals surface area contributed by atoms with E-state index in [1.165, 1.54) is 0 Å². The molecule has 1 aliphatic rings. The number of rotatable bonds is 5. The molecule has 1 unspecified atom stereocenters. The lowest BCUT2D eigenvalue weighted by Gasteiger charge is -2.18. The molecule has 0 aliphatic carbocycles. The maximum absolute atomic E-state index is 12.5. The van der Waals surface area contributed by atoms with Crippen molar-refractivity contribution in [1.82, 2.24) is 9.88 Å². The molecule has 5 nitrogen and oxygen atoms in total. The minimum absolute atomic E-state index is 0.0319. The molecule has 0 radical (unpaired) electrons. The topological polar surface area (TPSA) is 65.5 Å². The van der Waals surface area contributed by atoms with Crippen molar-refractivity contribution < 1.29 is 9.90 Å². The quantitative estimate of drug-likeness (QED) is 0.842. The molecule has 2 N–H and O–H groups in total. The number of pyridine rings is 1. The summed E-state index contributed by atoms with van der Waals surface area (Å²) >= 11 is 0. The predicted octanol–water partition coefficient (Wildman–Crippen LogP) is 1.36. The molecule has 1 atom stereocenters. The van der Waals surface area contributed by atoms with Crippen LogP contribution >= 0.6 is 0 Å². The highest BCUT2D eigenvalue weighted by Crippen LogP contribution is 2.23. The molecule has 2 heterocycles. The Balaban J connectivity index is 2.08. The molecule has 1 aromatic rings. The second-order valence-corrected chi connectivity index (χ2v) is 4.85. The first-order chi connectivity index (χ1) is 9.26. The lowest BCUT2D eigenvalue weighted by molar-refractivity contribution is 0.0785. The molecule has 1 aliphatic heterocycles. The zero-order chi connectivity index (χ0) is 13.7. The highest BCUT2D eigenvalue weighted by atomic mass is 16.3. The molecule has 104 valence electrons. The van der Waals surface area contributed by atoms with Crippen LogP contribution in [0.1, 0.15) is 30.1 Å². The van der Waals surface area contributed by atoms with Crippen LogP contribution < -0.4 is 5.32 Å². The first kappa shape index (κ1) is 13.8. The summed E-state index contributed by atoms with van der Waals surface area (Å²) in [6, 6.07) is 3.60. The number of aromatic nitrogens is 1. The van der Waals surface area contributed by atoms with Crippen molar-refractivity contribution >= 4 is 11.7 Å². The molecule has 0 aromatic carbocycles. The standard InChI is InChI=1S/C14H21N3O2/c1-2-15-13-12(4-3-7-16-13)14(19)17-8-5-11(10-17)6-9-18/h3-4,7,11,18H,2,5-6,8-10H2,1H3,(H,15,16). The summed E-state index contributed by atoms with van der Waals surface area (Å²) in [7, 11) is 0. The van der Waals surface area contributed by atoms with Gasteiger partial charge in [-0.1, -0.05) is 0 Å². The van der Waals surface area contributed by atoms with Crippen LogP contribution in [0, 0.1) is 5.92 Å². The molecule has 0 spiro atoms. The van der Waals surface area contributed by atoms with Crippen molar-refractivity contribution in [2.75, 3.05) is 31.6 Å². The summed E-state index contributed by atoms with van der Waals surface area (Å²) in [5, 5.41) is 12.1. The fourth-order valence-corrected chi connectivity index (χ4v) is 2.49. The van der Waals surface area contributed by atoms with E-state index in [-0.39, 0.29) is 12.5 Å². The summed E-state index contributed by atoms with van der Waals surface area (Å²) < 4.78 is 0. The Labute approximate surface area is 113 Å². The van der Waals surface area contributed by atoms with E-state index in [0.717, 1.165) is 32.5 Å². The van der Waals surface area contributed by atoms with Crippen molar-refractivity contribution in [3.05, 3.63) is 23.9 Å². The third-order valence-electron chi connectivity index (χ3n) is 3.49. The lowest BCUT2D eigenvalue weighted by atomic mass is 10.1. The van der Waals surface area contributed by atoms with Crippen molar-refractivity contribution in [3.8, 4) is 0 Å². The van der Waals surface area contributed by atoms with E-state index in [1.54, 1.807) is 12.3 Å². The van der Waals surface area contributed by atoms with Gasteiger partial charge in [0.2, 0.25) is 0 Å². The molecule has 1 fully saturated rings. The van der Waals surface area contributed by atoms with E-state index in [0.29, 0.717) is 17.3 Å². The normalized spacial score (nSPS) is 18.6. The second-order valence-electron chi connectivity index (χ2n) is 4.85. The number of carbonyl (C=O) groups is 1. The first-order valence-electron chi connectivity index (χ1n) is 6.85. The number of aliphatic hydroxyl groups excluding tert-OH is 1. The van der Waals surface area contributed by atoms with Crippen LogP contribution in [0.4, 0.5) is 5.82 Å². The van der Waals surface area contributed by atoms with Crippen LogP contribution in [-0.2, 0) is 0 Å². The molecule has 5 heteroatoms. The maximum atomic E-state index is 12.5. The van der Waals surface area contributed by atoms with Gasteiger partial charge in [-0.3, -0.25) is 4.79 Å². The number of likely N-dealkylation sites (tertiary alicyclic amines) is 1. The molecule has 1 saturated heterocycles. The van der Waals surface area contributed by atoms with Crippen LogP contribution in [0.2, 0.25) is 0 Å². The average molecular weight is 263 g/mol. The molecule has 2 rings (SSSR count). The van der Waals surface area contributed by atoms with Crippen LogP contribution in [0.25, 0.3) is 0 Å². The Hall–Kier alpha value is -1.62. The fourth-order valence-electron chi connectivity index (χ4n) is 2.49. The second kappa shape index (κ2) is 6.52. The number of nitrogens with zero attached hydrogens (tertiary/aromatic N) is 2. The highest BCUT2D eigenvalue weighted by Gasteiger charge is 2.27. The third-order valence-corrected chi connectivity index (χ3v) is 3.49. The number of aliphatic hydroxyl groups is 1. The van der Waals surface area contributed by atoms with Gasteiger partial charge in [-0.2, -0.15) is 0 Å². The molecule has 1 aromatic heterocycles. The van der Waals surface area contributed by atoms with E-state index >= 15 is 0 Å². The summed E-state index contributed by atoms with van der Waals surface area (Å²) in [4.78, 5) is 18.6. The predicted molar refractivity (Wildman–Crippen MR) is 74.1 cm³/mol. The molecular formula is C14H21N3O2. The lowest BCUT2D eigenvalue weighted by Crippen LogP contribution is -2.29. The van der Waals surface area contributed by atoms with Gasteiger partial charge in [-0.15, -0.1) is 0 Å². The van der Waals surface area contributed by atoms with Crippen LogP contribution in [-0.4, -0.2) is 47.1 Å². The molecule has 1 amide bonds. The summed E-state index contributed by atoms with van der Waals surface area (Å²) in [6.07, 6.45) is 3.44. The van der Waals surface area contributed by atoms with Crippen molar-refractivity contribution in [2.45, 2.75) is 19.8 Å². The largest absolute Gasteiger partial charge is 0.396 e. The van der Waals surface area contributed by atoms with Crippen molar-refractivity contribution in [3.63, 3.8) is 0 Å².